The predicted molar refractivity (Wildman–Crippen MR) is 119 cm³/mol. The highest BCUT2D eigenvalue weighted by atomic mass is 35.5. The van der Waals surface area contributed by atoms with Gasteiger partial charge in [-0.1, -0.05) is 48.0 Å². The van der Waals surface area contributed by atoms with Gasteiger partial charge in [0.05, 0.1) is 5.69 Å². The van der Waals surface area contributed by atoms with Gasteiger partial charge in [-0.15, -0.1) is 11.3 Å². The number of aromatic nitrogens is 1. The van der Waals surface area contributed by atoms with Crippen molar-refractivity contribution in [3.63, 3.8) is 0 Å². The van der Waals surface area contributed by atoms with Crippen LogP contribution >= 0.6 is 22.9 Å². The number of anilines is 1. The summed E-state index contributed by atoms with van der Waals surface area (Å²) in [5.41, 5.74) is 3.19. The van der Waals surface area contributed by atoms with Crippen molar-refractivity contribution < 1.29 is 9.59 Å². The SMILES string of the molecule is CCN(CC(=O)Nc1cc(Cl)ccc1C)C(=O)c1sc(-c2ccccc2)nc1C. The number of benzene rings is 2. The van der Waals surface area contributed by atoms with Crippen molar-refractivity contribution in [3.05, 3.63) is 69.7 Å². The predicted octanol–water partition coefficient (Wildman–Crippen LogP) is 5.18. The molecule has 1 N–H and O–H groups in total. The third-order valence-corrected chi connectivity index (χ3v) is 5.92. The Bertz CT molecular complexity index is 1030. The molecule has 5 nitrogen and oxygen atoms in total. The molecule has 0 fully saturated rings. The highest BCUT2D eigenvalue weighted by Gasteiger charge is 2.23. The Hall–Kier alpha value is -2.70. The van der Waals surface area contributed by atoms with Crippen LogP contribution in [0.4, 0.5) is 5.69 Å². The van der Waals surface area contributed by atoms with Crippen LogP contribution in [0.1, 0.15) is 27.9 Å². The molecular weight excluding hydrogens is 406 g/mol. The maximum Gasteiger partial charge on any atom is 0.266 e. The number of nitrogens with zero attached hydrogens (tertiary/aromatic N) is 2. The topological polar surface area (TPSA) is 62.3 Å². The van der Waals surface area contributed by atoms with Crippen molar-refractivity contribution in [2.24, 2.45) is 0 Å². The molecule has 0 saturated heterocycles. The van der Waals surface area contributed by atoms with Gasteiger partial charge in [-0.3, -0.25) is 9.59 Å². The van der Waals surface area contributed by atoms with E-state index in [1.165, 1.54) is 16.2 Å². The Balaban J connectivity index is 1.74. The van der Waals surface area contributed by atoms with Gasteiger partial charge in [0.2, 0.25) is 5.91 Å². The highest BCUT2D eigenvalue weighted by Crippen LogP contribution is 2.28. The molecule has 0 unspecified atom stereocenters. The van der Waals surface area contributed by atoms with E-state index in [2.05, 4.69) is 10.3 Å². The van der Waals surface area contributed by atoms with E-state index in [0.717, 1.165) is 16.1 Å². The third kappa shape index (κ3) is 5.02. The first-order chi connectivity index (χ1) is 13.9. The van der Waals surface area contributed by atoms with Crippen molar-refractivity contribution in [2.45, 2.75) is 20.8 Å². The lowest BCUT2D eigenvalue weighted by Crippen LogP contribution is -2.37. The maximum atomic E-state index is 13.0. The number of hydrogen-bond acceptors (Lipinski definition) is 4. The third-order valence-electron chi connectivity index (χ3n) is 4.49. The van der Waals surface area contributed by atoms with Gasteiger partial charge in [-0.05, 0) is 38.5 Å². The zero-order valence-corrected chi connectivity index (χ0v) is 18.1. The maximum absolute atomic E-state index is 13.0. The van der Waals surface area contributed by atoms with Crippen molar-refractivity contribution in [2.75, 3.05) is 18.4 Å². The summed E-state index contributed by atoms with van der Waals surface area (Å²) in [6.45, 7) is 5.93. The van der Waals surface area contributed by atoms with Gasteiger partial charge in [0.1, 0.15) is 16.4 Å². The summed E-state index contributed by atoms with van der Waals surface area (Å²) in [6.07, 6.45) is 0. The molecule has 3 rings (SSSR count). The minimum absolute atomic E-state index is 0.0424. The van der Waals surface area contributed by atoms with E-state index in [-0.39, 0.29) is 18.4 Å². The molecule has 0 aliphatic carbocycles. The largest absolute Gasteiger partial charge is 0.329 e. The van der Waals surface area contributed by atoms with E-state index in [4.69, 9.17) is 11.6 Å². The standard InChI is InChI=1S/C22H22ClN3O2S/c1-4-26(13-19(27)25-18-12-17(23)11-10-14(18)2)22(28)20-15(3)24-21(29-20)16-8-6-5-7-9-16/h5-12H,4,13H2,1-3H3,(H,25,27). The van der Waals surface area contributed by atoms with Crippen LogP contribution in [0.2, 0.25) is 5.02 Å². The molecule has 3 aromatic rings. The number of halogens is 1. The van der Waals surface area contributed by atoms with Crippen molar-refractivity contribution in [1.29, 1.82) is 0 Å². The van der Waals surface area contributed by atoms with Crippen LogP contribution in [-0.4, -0.2) is 34.8 Å². The monoisotopic (exact) mass is 427 g/mol. The summed E-state index contributed by atoms with van der Waals surface area (Å²) in [4.78, 5) is 32.2. The first-order valence-electron chi connectivity index (χ1n) is 9.27. The number of hydrogen-bond donors (Lipinski definition) is 1. The van der Waals surface area contributed by atoms with E-state index >= 15 is 0 Å². The number of rotatable bonds is 6. The van der Waals surface area contributed by atoms with Crippen molar-refractivity contribution in [3.8, 4) is 10.6 Å². The smallest absolute Gasteiger partial charge is 0.266 e. The average molecular weight is 428 g/mol. The normalized spacial score (nSPS) is 10.6. The molecule has 0 atom stereocenters. The molecule has 7 heteroatoms. The molecule has 0 aliphatic rings. The fraction of sp³-hybridized carbons (Fsp3) is 0.227. The van der Waals surface area contributed by atoms with Crippen LogP contribution in [0.5, 0.6) is 0 Å². The summed E-state index contributed by atoms with van der Waals surface area (Å²) in [7, 11) is 0. The summed E-state index contributed by atoms with van der Waals surface area (Å²) in [6, 6.07) is 15.1. The zero-order valence-electron chi connectivity index (χ0n) is 16.5. The first-order valence-corrected chi connectivity index (χ1v) is 10.5. The lowest BCUT2D eigenvalue weighted by Gasteiger charge is -2.20. The number of aryl methyl sites for hydroxylation is 2. The molecule has 2 aromatic carbocycles. The van der Waals surface area contributed by atoms with Gasteiger partial charge in [-0.2, -0.15) is 0 Å². The Kier molecular flexibility index (Phi) is 6.67. The quantitative estimate of drug-likeness (QED) is 0.589. The van der Waals surface area contributed by atoms with Crippen molar-refractivity contribution >= 4 is 40.4 Å². The Labute approximate surface area is 179 Å². The highest BCUT2D eigenvalue weighted by molar-refractivity contribution is 7.17. The van der Waals surface area contributed by atoms with Gasteiger partial charge < -0.3 is 10.2 Å². The summed E-state index contributed by atoms with van der Waals surface area (Å²) in [5.74, 6) is -0.460. The second-order valence-corrected chi connectivity index (χ2v) is 8.06. The van der Waals surface area contributed by atoms with Crippen LogP contribution in [0, 0.1) is 13.8 Å². The first kappa shape index (κ1) is 21.0. The average Bonchev–Trinajstić information content (AvgIpc) is 3.10. The molecule has 150 valence electrons. The van der Waals surface area contributed by atoms with Gasteiger partial charge in [0.25, 0.3) is 5.91 Å². The van der Waals surface area contributed by atoms with Crippen LogP contribution in [-0.2, 0) is 4.79 Å². The molecule has 0 bridgehead atoms. The Morgan fingerprint density at radius 1 is 1.14 bits per heavy atom. The van der Waals surface area contributed by atoms with Crippen LogP contribution in [0.3, 0.4) is 0 Å². The molecule has 1 heterocycles. The Morgan fingerprint density at radius 3 is 2.55 bits per heavy atom. The Morgan fingerprint density at radius 2 is 1.86 bits per heavy atom. The molecule has 29 heavy (non-hydrogen) atoms. The number of nitrogens with one attached hydrogen (secondary N) is 1. The minimum Gasteiger partial charge on any atom is -0.329 e. The van der Waals surface area contributed by atoms with E-state index in [9.17, 15) is 9.59 Å². The van der Waals surface area contributed by atoms with Gasteiger partial charge in [0.15, 0.2) is 0 Å². The number of carbonyl (C=O) groups is 2. The van der Waals surface area contributed by atoms with Crippen LogP contribution < -0.4 is 5.32 Å². The minimum atomic E-state index is -0.268. The summed E-state index contributed by atoms with van der Waals surface area (Å²) >= 11 is 7.36. The number of likely N-dealkylation sites (N-methyl/N-ethyl adjacent to an activating group) is 1. The fourth-order valence-corrected chi connectivity index (χ4v) is 4.07. The molecule has 0 saturated carbocycles. The molecule has 0 spiro atoms. The number of amides is 2. The lowest BCUT2D eigenvalue weighted by molar-refractivity contribution is -0.116. The van der Waals surface area contributed by atoms with E-state index in [0.29, 0.717) is 27.8 Å². The van der Waals surface area contributed by atoms with Gasteiger partial charge in [0, 0.05) is 22.8 Å². The van der Waals surface area contributed by atoms with Crippen LogP contribution in [0.25, 0.3) is 10.6 Å². The second-order valence-electron chi connectivity index (χ2n) is 6.63. The van der Waals surface area contributed by atoms with Crippen molar-refractivity contribution in [1.82, 2.24) is 9.88 Å². The zero-order chi connectivity index (χ0) is 21.0. The molecule has 0 radical (unpaired) electrons. The van der Waals surface area contributed by atoms with E-state index in [1.807, 2.05) is 57.2 Å². The van der Waals surface area contributed by atoms with Gasteiger partial charge >= 0.3 is 0 Å². The summed E-state index contributed by atoms with van der Waals surface area (Å²) in [5, 5.41) is 4.18. The van der Waals surface area contributed by atoms with E-state index < -0.39 is 0 Å². The second kappa shape index (κ2) is 9.20. The molecule has 0 aliphatic heterocycles. The molecule has 1 aromatic heterocycles. The van der Waals surface area contributed by atoms with Crippen LogP contribution in [0.15, 0.2) is 48.5 Å². The summed E-state index contributed by atoms with van der Waals surface area (Å²) < 4.78 is 0. The fourth-order valence-electron chi connectivity index (χ4n) is 2.86. The molecular formula is C22H22ClN3O2S. The lowest BCUT2D eigenvalue weighted by atomic mass is 10.2. The molecule has 2 amide bonds. The number of thiazole rings is 1. The number of carbonyl (C=O) groups excluding carboxylic acids is 2. The van der Waals surface area contributed by atoms with E-state index in [1.54, 1.807) is 12.1 Å². The van der Waals surface area contributed by atoms with Gasteiger partial charge in [-0.25, -0.2) is 4.98 Å².